The van der Waals surface area contributed by atoms with Gasteiger partial charge in [-0.15, -0.1) is 12.4 Å². The summed E-state index contributed by atoms with van der Waals surface area (Å²) >= 11 is 5.68. The van der Waals surface area contributed by atoms with E-state index in [0.29, 0.717) is 6.42 Å². The minimum absolute atomic E-state index is 0. The number of hydrogen-bond donors (Lipinski definition) is 1. The van der Waals surface area contributed by atoms with Gasteiger partial charge in [0, 0.05) is 11.6 Å². The molecule has 0 radical (unpaired) electrons. The van der Waals surface area contributed by atoms with Crippen molar-refractivity contribution in [2.45, 2.75) is 32.2 Å². The topological polar surface area (TPSA) is 26.0 Å². The maximum absolute atomic E-state index is 13.4. The molecular weight excluding hydrogens is 255 g/mol. The summed E-state index contributed by atoms with van der Waals surface area (Å²) in [5, 5.41) is -0.196. The van der Waals surface area contributed by atoms with Crippen molar-refractivity contribution < 1.29 is 8.78 Å². The average molecular weight is 270 g/mol. The second-order valence-corrected chi connectivity index (χ2v) is 3.88. The molecule has 0 aromatic heterocycles. The van der Waals surface area contributed by atoms with E-state index in [-0.39, 0.29) is 23.0 Å². The number of nitrogens with two attached hydrogens (primary N) is 1. The van der Waals surface area contributed by atoms with Crippen LogP contribution in [0.5, 0.6) is 0 Å². The van der Waals surface area contributed by atoms with E-state index in [1.807, 2.05) is 6.92 Å². The third kappa shape index (κ3) is 3.58. The maximum atomic E-state index is 13.4. The van der Waals surface area contributed by atoms with Gasteiger partial charge < -0.3 is 5.73 Å². The van der Waals surface area contributed by atoms with Crippen molar-refractivity contribution in [3.8, 4) is 0 Å². The third-order valence-electron chi connectivity index (χ3n) is 2.32. The molecule has 0 amide bonds. The summed E-state index contributed by atoms with van der Waals surface area (Å²) in [7, 11) is 0. The Morgan fingerprint density at radius 1 is 1.31 bits per heavy atom. The van der Waals surface area contributed by atoms with Crippen molar-refractivity contribution in [2.24, 2.45) is 5.73 Å². The lowest BCUT2D eigenvalue weighted by Gasteiger charge is -2.14. The van der Waals surface area contributed by atoms with Crippen LogP contribution in [-0.2, 0) is 0 Å². The molecule has 1 nitrogen and oxygen atoms in total. The van der Waals surface area contributed by atoms with Crippen LogP contribution in [0.2, 0.25) is 5.02 Å². The van der Waals surface area contributed by atoms with Crippen LogP contribution in [0.4, 0.5) is 8.78 Å². The first kappa shape index (κ1) is 15.6. The van der Waals surface area contributed by atoms with Crippen LogP contribution in [0.1, 0.15) is 37.8 Å². The standard InChI is InChI=1S/C11H14ClF2N.ClH/c1-2-3-4-9(15)10-7(13)5-6-8(14)11(10)12;/h5-6,9H,2-4,15H2,1H3;1H/t9-;/m1./s1. The molecule has 0 saturated carbocycles. The van der Waals surface area contributed by atoms with Crippen LogP contribution in [0.25, 0.3) is 0 Å². The highest BCUT2D eigenvalue weighted by atomic mass is 35.5. The van der Waals surface area contributed by atoms with E-state index < -0.39 is 17.7 Å². The first-order valence-corrected chi connectivity index (χ1v) is 5.34. The number of unbranched alkanes of at least 4 members (excludes halogenated alkanes) is 1. The monoisotopic (exact) mass is 269 g/mol. The number of halogens is 4. The Hall–Kier alpha value is -0.380. The lowest BCUT2D eigenvalue weighted by Crippen LogP contribution is -2.13. The van der Waals surface area contributed by atoms with E-state index in [0.717, 1.165) is 25.0 Å². The quantitative estimate of drug-likeness (QED) is 0.814. The Kier molecular flexibility index (Phi) is 6.88. The summed E-state index contributed by atoms with van der Waals surface area (Å²) in [4.78, 5) is 0. The van der Waals surface area contributed by atoms with Crippen molar-refractivity contribution in [3.05, 3.63) is 34.4 Å². The largest absolute Gasteiger partial charge is 0.324 e. The van der Waals surface area contributed by atoms with Gasteiger partial charge in [-0.3, -0.25) is 0 Å². The number of benzene rings is 1. The molecule has 92 valence electrons. The fraction of sp³-hybridized carbons (Fsp3) is 0.455. The van der Waals surface area contributed by atoms with Gasteiger partial charge in [0.15, 0.2) is 0 Å². The molecule has 1 aromatic carbocycles. The van der Waals surface area contributed by atoms with Crippen molar-refractivity contribution in [2.75, 3.05) is 0 Å². The average Bonchev–Trinajstić information content (AvgIpc) is 2.21. The zero-order chi connectivity index (χ0) is 11.4. The molecule has 0 aliphatic heterocycles. The molecule has 0 saturated heterocycles. The smallest absolute Gasteiger partial charge is 0.142 e. The first-order valence-electron chi connectivity index (χ1n) is 4.96. The van der Waals surface area contributed by atoms with Crippen LogP contribution in [0, 0.1) is 11.6 Å². The summed E-state index contributed by atoms with van der Waals surface area (Å²) < 4.78 is 26.5. The van der Waals surface area contributed by atoms with Gasteiger partial charge in [0.25, 0.3) is 0 Å². The summed E-state index contributed by atoms with van der Waals surface area (Å²) in [5.41, 5.74) is 5.85. The fourth-order valence-corrected chi connectivity index (χ4v) is 1.74. The fourth-order valence-electron chi connectivity index (χ4n) is 1.45. The van der Waals surface area contributed by atoms with Crippen LogP contribution >= 0.6 is 24.0 Å². The SMILES string of the molecule is CCCC[C@@H](N)c1c(F)ccc(F)c1Cl.Cl. The zero-order valence-electron chi connectivity index (χ0n) is 8.97. The lowest BCUT2D eigenvalue weighted by molar-refractivity contribution is 0.536. The van der Waals surface area contributed by atoms with Crippen molar-refractivity contribution in [3.63, 3.8) is 0 Å². The molecule has 0 aliphatic rings. The molecule has 0 aliphatic carbocycles. The third-order valence-corrected chi connectivity index (χ3v) is 2.70. The Bertz CT molecular complexity index is 345. The maximum Gasteiger partial charge on any atom is 0.142 e. The molecule has 1 rings (SSSR count). The molecule has 0 unspecified atom stereocenters. The summed E-state index contributed by atoms with van der Waals surface area (Å²) in [5.74, 6) is -1.16. The van der Waals surface area contributed by atoms with Gasteiger partial charge in [0.05, 0.1) is 5.02 Å². The van der Waals surface area contributed by atoms with Crippen LogP contribution in [0.3, 0.4) is 0 Å². The Morgan fingerprint density at radius 2 is 1.88 bits per heavy atom. The van der Waals surface area contributed by atoms with Crippen LogP contribution in [-0.4, -0.2) is 0 Å². The normalized spacial score (nSPS) is 12.1. The highest BCUT2D eigenvalue weighted by molar-refractivity contribution is 6.31. The van der Waals surface area contributed by atoms with Gasteiger partial charge in [-0.2, -0.15) is 0 Å². The van der Waals surface area contributed by atoms with Gasteiger partial charge in [-0.05, 0) is 18.6 Å². The van der Waals surface area contributed by atoms with E-state index in [2.05, 4.69) is 0 Å². The van der Waals surface area contributed by atoms with Crippen molar-refractivity contribution in [1.82, 2.24) is 0 Å². The van der Waals surface area contributed by atoms with E-state index >= 15 is 0 Å². The van der Waals surface area contributed by atoms with Crippen molar-refractivity contribution in [1.29, 1.82) is 0 Å². The Balaban J connectivity index is 0.00000225. The van der Waals surface area contributed by atoms with Gasteiger partial charge in [-0.25, -0.2) is 8.78 Å². The molecule has 0 heterocycles. The highest BCUT2D eigenvalue weighted by Crippen LogP contribution is 2.29. The van der Waals surface area contributed by atoms with Crippen molar-refractivity contribution >= 4 is 24.0 Å². The molecule has 0 spiro atoms. The Morgan fingerprint density at radius 3 is 2.44 bits per heavy atom. The van der Waals surface area contributed by atoms with Crippen LogP contribution in [0.15, 0.2) is 12.1 Å². The minimum atomic E-state index is -0.625. The van der Waals surface area contributed by atoms with E-state index in [4.69, 9.17) is 17.3 Å². The predicted octanol–water partition coefficient (Wildman–Crippen LogP) is 4.23. The summed E-state index contributed by atoms with van der Waals surface area (Å²) in [6, 6.07) is 1.53. The summed E-state index contributed by atoms with van der Waals surface area (Å²) in [6.45, 7) is 2.01. The number of hydrogen-bond acceptors (Lipinski definition) is 1. The molecular formula is C11H15Cl2F2N. The second kappa shape index (κ2) is 7.05. The molecule has 0 bridgehead atoms. The molecule has 5 heteroatoms. The number of rotatable bonds is 4. The zero-order valence-corrected chi connectivity index (χ0v) is 10.5. The summed E-state index contributed by atoms with van der Waals surface area (Å²) in [6.07, 6.45) is 2.44. The highest BCUT2D eigenvalue weighted by Gasteiger charge is 2.17. The molecule has 0 fully saturated rings. The minimum Gasteiger partial charge on any atom is -0.324 e. The second-order valence-electron chi connectivity index (χ2n) is 3.51. The van der Waals surface area contributed by atoms with Gasteiger partial charge in [0.1, 0.15) is 11.6 Å². The van der Waals surface area contributed by atoms with Gasteiger partial charge >= 0.3 is 0 Å². The first-order chi connectivity index (χ1) is 7.07. The Labute approximate surface area is 105 Å². The predicted molar refractivity (Wildman–Crippen MR) is 65.1 cm³/mol. The van der Waals surface area contributed by atoms with Gasteiger partial charge in [-0.1, -0.05) is 31.4 Å². The van der Waals surface area contributed by atoms with Crippen LogP contribution < -0.4 is 5.73 Å². The van der Waals surface area contributed by atoms with E-state index in [1.54, 1.807) is 0 Å². The van der Waals surface area contributed by atoms with E-state index in [9.17, 15) is 8.78 Å². The molecule has 2 N–H and O–H groups in total. The molecule has 1 atom stereocenters. The lowest BCUT2D eigenvalue weighted by atomic mass is 10.0. The molecule has 1 aromatic rings. The molecule has 16 heavy (non-hydrogen) atoms. The van der Waals surface area contributed by atoms with E-state index in [1.165, 1.54) is 0 Å². The van der Waals surface area contributed by atoms with Gasteiger partial charge in [0.2, 0.25) is 0 Å².